The van der Waals surface area contributed by atoms with Crippen molar-refractivity contribution in [3.63, 3.8) is 0 Å². The zero-order valence-electron chi connectivity index (χ0n) is 15.6. The third-order valence-electron chi connectivity index (χ3n) is 4.93. The molecule has 1 fully saturated rings. The van der Waals surface area contributed by atoms with E-state index < -0.39 is 18.0 Å². The Labute approximate surface area is 167 Å². The van der Waals surface area contributed by atoms with Gasteiger partial charge in [-0.2, -0.15) is 15.2 Å². The van der Waals surface area contributed by atoms with Crippen molar-refractivity contribution in [3.8, 4) is 6.07 Å². The molecule has 2 atom stereocenters. The third kappa shape index (κ3) is 4.00. The Bertz CT molecular complexity index is 996. The van der Waals surface area contributed by atoms with Crippen LogP contribution in [0.2, 0.25) is 0 Å². The molecule has 8 nitrogen and oxygen atoms in total. The lowest BCUT2D eigenvalue weighted by Gasteiger charge is -2.32. The van der Waals surface area contributed by atoms with Gasteiger partial charge >= 0.3 is 12.1 Å². The Morgan fingerprint density at radius 1 is 1.38 bits per heavy atom. The number of carbonyl (C=O) groups is 2. The van der Waals surface area contributed by atoms with Gasteiger partial charge in [0.25, 0.3) is 0 Å². The predicted octanol–water partition coefficient (Wildman–Crippen LogP) is 3.29. The molecular weight excluding hydrogens is 370 g/mol. The van der Waals surface area contributed by atoms with Gasteiger partial charge in [0.2, 0.25) is 0 Å². The van der Waals surface area contributed by atoms with Crippen LogP contribution in [0, 0.1) is 17.2 Å². The molecule has 8 heteroatoms. The fourth-order valence-corrected chi connectivity index (χ4v) is 3.52. The molecule has 4 rings (SSSR count). The number of amidine groups is 1. The van der Waals surface area contributed by atoms with Gasteiger partial charge in [0.15, 0.2) is 0 Å². The van der Waals surface area contributed by atoms with E-state index in [0.29, 0.717) is 35.9 Å². The summed E-state index contributed by atoms with van der Waals surface area (Å²) in [7, 11) is 0. The molecule has 0 radical (unpaired) electrons. The predicted molar refractivity (Wildman–Crippen MR) is 108 cm³/mol. The molecule has 1 aromatic rings. The highest BCUT2D eigenvalue weighted by molar-refractivity contribution is 6.24. The highest BCUT2D eigenvalue weighted by Gasteiger charge is 2.36. The number of allylic oxidation sites excluding steroid dienone is 3. The molecule has 4 amide bonds. The summed E-state index contributed by atoms with van der Waals surface area (Å²) in [5.74, 6) is -0.0842. The molecule has 1 N–H and O–H groups in total. The Balaban J connectivity index is 1.64. The van der Waals surface area contributed by atoms with Crippen LogP contribution < -0.4 is 5.32 Å². The molecule has 1 saturated heterocycles. The van der Waals surface area contributed by atoms with E-state index in [-0.39, 0.29) is 6.10 Å². The molecule has 1 aliphatic carbocycles. The molecule has 146 valence electrons. The number of benzene rings is 1. The van der Waals surface area contributed by atoms with Crippen LogP contribution in [-0.4, -0.2) is 47.8 Å². The van der Waals surface area contributed by atoms with Gasteiger partial charge in [0.1, 0.15) is 11.9 Å². The molecule has 0 saturated carbocycles. The Kier molecular flexibility index (Phi) is 5.31. The number of para-hydroxylation sites is 1. The zero-order valence-corrected chi connectivity index (χ0v) is 15.6. The second-order valence-electron chi connectivity index (χ2n) is 6.84. The first kappa shape index (κ1) is 18.8. The van der Waals surface area contributed by atoms with Gasteiger partial charge in [0.05, 0.1) is 35.5 Å². The summed E-state index contributed by atoms with van der Waals surface area (Å²) < 4.78 is 5.65. The molecular formula is C21H19N5O3. The van der Waals surface area contributed by atoms with Crippen LogP contribution in [0.15, 0.2) is 58.6 Å². The van der Waals surface area contributed by atoms with Crippen LogP contribution in [0.25, 0.3) is 0 Å². The third-order valence-corrected chi connectivity index (χ3v) is 4.93. The number of aliphatic imine (C=N–C) groups is 2. The van der Waals surface area contributed by atoms with Gasteiger partial charge in [0, 0.05) is 6.61 Å². The van der Waals surface area contributed by atoms with Crippen molar-refractivity contribution in [3.05, 3.63) is 54.1 Å². The molecule has 29 heavy (non-hydrogen) atoms. The van der Waals surface area contributed by atoms with Crippen molar-refractivity contribution >= 4 is 29.3 Å². The van der Waals surface area contributed by atoms with Crippen LogP contribution in [0.4, 0.5) is 15.3 Å². The van der Waals surface area contributed by atoms with Crippen molar-refractivity contribution in [1.82, 2.24) is 4.90 Å². The maximum atomic E-state index is 12.7. The SMILES string of the molecule is N#Cc1ccccc1NC(=O)/N=C1\C2C=CC=CC2=NC(=O)N1CC1CCCO1. The highest BCUT2D eigenvalue weighted by atomic mass is 16.5. The smallest absolute Gasteiger partial charge is 0.349 e. The first-order chi connectivity index (χ1) is 14.2. The van der Waals surface area contributed by atoms with Gasteiger partial charge in [-0.25, -0.2) is 9.59 Å². The highest BCUT2D eigenvalue weighted by Crippen LogP contribution is 2.24. The van der Waals surface area contributed by atoms with Crippen molar-refractivity contribution in [2.75, 3.05) is 18.5 Å². The topological polar surface area (TPSA) is 107 Å². The molecule has 1 aromatic carbocycles. The van der Waals surface area contributed by atoms with E-state index in [1.165, 1.54) is 4.90 Å². The Hall–Kier alpha value is -3.57. The number of amides is 4. The number of hydrogen-bond donors (Lipinski definition) is 1. The zero-order chi connectivity index (χ0) is 20.2. The standard InChI is InChI=1S/C21H19N5O3/c22-12-14-6-1-3-9-17(14)23-20(27)25-19-16-8-2-4-10-18(16)24-21(28)26(19)13-15-7-5-11-29-15/h1-4,6,8-10,15-16H,5,7,11,13H2,(H,23,27)/b25-19+. The quantitative estimate of drug-likeness (QED) is 0.856. The number of fused-ring (bicyclic) bond motifs is 1. The normalized spacial score (nSPS) is 24.2. The summed E-state index contributed by atoms with van der Waals surface area (Å²) in [5, 5.41) is 11.8. The van der Waals surface area contributed by atoms with Crippen molar-refractivity contribution in [1.29, 1.82) is 5.26 Å². The second-order valence-corrected chi connectivity index (χ2v) is 6.84. The summed E-state index contributed by atoms with van der Waals surface area (Å²) >= 11 is 0. The van der Waals surface area contributed by atoms with Gasteiger partial charge in [-0.1, -0.05) is 30.4 Å². The van der Waals surface area contributed by atoms with Crippen LogP contribution >= 0.6 is 0 Å². The number of nitrogens with one attached hydrogen (secondary N) is 1. The summed E-state index contributed by atoms with van der Waals surface area (Å²) in [6.45, 7) is 0.954. The van der Waals surface area contributed by atoms with E-state index in [1.807, 2.05) is 18.2 Å². The molecule has 0 aromatic heterocycles. The fourth-order valence-electron chi connectivity index (χ4n) is 3.52. The molecule has 0 bridgehead atoms. The largest absolute Gasteiger partial charge is 0.376 e. The Morgan fingerprint density at radius 2 is 2.24 bits per heavy atom. The lowest BCUT2D eigenvalue weighted by atomic mass is 9.94. The number of urea groups is 2. The molecule has 3 aliphatic rings. The van der Waals surface area contributed by atoms with E-state index >= 15 is 0 Å². The lowest BCUT2D eigenvalue weighted by Crippen LogP contribution is -2.49. The van der Waals surface area contributed by atoms with Gasteiger partial charge in [-0.05, 0) is 31.1 Å². The summed E-state index contributed by atoms with van der Waals surface area (Å²) in [4.78, 5) is 35.1. The summed E-state index contributed by atoms with van der Waals surface area (Å²) in [6.07, 6.45) is 8.89. The van der Waals surface area contributed by atoms with E-state index in [4.69, 9.17) is 4.74 Å². The maximum Gasteiger partial charge on any atom is 0.349 e. The van der Waals surface area contributed by atoms with Crippen molar-refractivity contribution < 1.29 is 14.3 Å². The Morgan fingerprint density at radius 3 is 3.03 bits per heavy atom. The van der Waals surface area contributed by atoms with Crippen LogP contribution in [0.3, 0.4) is 0 Å². The molecule has 2 aliphatic heterocycles. The average Bonchev–Trinajstić information content (AvgIpc) is 3.24. The average molecular weight is 389 g/mol. The number of anilines is 1. The van der Waals surface area contributed by atoms with E-state index in [9.17, 15) is 14.9 Å². The van der Waals surface area contributed by atoms with E-state index in [1.54, 1.807) is 36.4 Å². The van der Waals surface area contributed by atoms with E-state index in [0.717, 1.165) is 12.8 Å². The number of nitriles is 1. The number of hydrogen-bond acceptors (Lipinski definition) is 4. The number of carbonyl (C=O) groups excluding carboxylic acids is 2. The van der Waals surface area contributed by atoms with Crippen molar-refractivity contribution in [2.45, 2.75) is 18.9 Å². The summed E-state index contributed by atoms with van der Waals surface area (Å²) in [5.41, 5.74) is 1.25. The minimum absolute atomic E-state index is 0.105. The van der Waals surface area contributed by atoms with Gasteiger partial charge in [-0.15, -0.1) is 0 Å². The van der Waals surface area contributed by atoms with Crippen LogP contribution in [0.1, 0.15) is 18.4 Å². The van der Waals surface area contributed by atoms with Crippen LogP contribution in [0.5, 0.6) is 0 Å². The number of ether oxygens (including phenoxy) is 1. The van der Waals surface area contributed by atoms with Crippen LogP contribution in [-0.2, 0) is 4.74 Å². The number of rotatable bonds is 3. The van der Waals surface area contributed by atoms with Gasteiger partial charge < -0.3 is 10.1 Å². The van der Waals surface area contributed by atoms with Gasteiger partial charge in [-0.3, -0.25) is 4.90 Å². The minimum Gasteiger partial charge on any atom is -0.376 e. The summed E-state index contributed by atoms with van der Waals surface area (Å²) in [6, 6.07) is 7.58. The number of nitrogens with zero attached hydrogens (tertiary/aromatic N) is 4. The minimum atomic E-state index is -0.656. The molecule has 2 unspecified atom stereocenters. The monoisotopic (exact) mass is 389 g/mol. The first-order valence-corrected chi connectivity index (χ1v) is 9.41. The lowest BCUT2D eigenvalue weighted by molar-refractivity contribution is 0.0956. The molecule has 0 spiro atoms. The van der Waals surface area contributed by atoms with E-state index in [2.05, 4.69) is 15.3 Å². The fraction of sp³-hybridized carbons (Fsp3) is 0.286. The van der Waals surface area contributed by atoms with Crippen molar-refractivity contribution in [2.24, 2.45) is 15.9 Å². The maximum absolute atomic E-state index is 12.7. The molecule has 2 heterocycles. The second kappa shape index (κ2) is 8.20. The first-order valence-electron chi connectivity index (χ1n) is 9.41.